The molecule has 0 N–H and O–H groups in total. The fraction of sp³-hybridized carbons (Fsp3) is 0.455. The molecule has 0 aliphatic carbocycles. The molecule has 3 nitrogen and oxygen atoms in total. The third-order valence-electron chi connectivity index (χ3n) is 2.77. The van der Waals surface area contributed by atoms with Crippen molar-refractivity contribution in [2.24, 2.45) is 5.92 Å². The summed E-state index contributed by atoms with van der Waals surface area (Å²) in [5.74, 6) is 1.23. The van der Waals surface area contributed by atoms with E-state index in [-0.39, 0.29) is 5.92 Å². The van der Waals surface area contributed by atoms with Crippen LogP contribution in [0.4, 0.5) is 5.82 Å². The zero-order valence-electron chi connectivity index (χ0n) is 8.40. The van der Waals surface area contributed by atoms with Crippen LogP contribution >= 0.6 is 15.9 Å². The molecule has 0 atom stereocenters. The van der Waals surface area contributed by atoms with Crippen molar-refractivity contribution in [2.75, 3.05) is 18.0 Å². The Morgan fingerprint density at radius 1 is 1.47 bits per heavy atom. The van der Waals surface area contributed by atoms with E-state index in [9.17, 15) is 4.79 Å². The largest absolute Gasteiger partial charge is 0.356 e. The third kappa shape index (κ3) is 2.37. The van der Waals surface area contributed by atoms with E-state index < -0.39 is 0 Å². The second kappa shape index (κ2) is 4.75. The normalized spacial score (nSPS) is 17.8. The highest BCUT2D eigenvalue weighted by Crippen LogP contribution is 2.26. The number of carbonyl (C=O) groups is 1. The molecule has 0 radical (unpaired) electrons. The summed E-state index contributed by atoms with van der Waals surface area (Å²) in [5, 5.41) is 0. The van der Waals surface area contributed by atoms with Crippen LogP contribution in [-0.4, -0.2) is 24.4 Å². The number of halogens is 1. The molecule has 80 valence electrons. The molecule has 1 aromatic heterocycles. The molecule has 0 saturated carbocycles. The molecule has 15 heavy (non-hydrogen) atoms. The highest BCUT2D eigenvalue weighted by Gasteiger charge is 2.20. The lowest BCUT2D eigenvalue weighted by molar-refractivity contribution is -0.111. The minimum Gasteiger partial charge on any atom is -0.356 e. The van der Waals surface area contributed by atoms with Gasteiger partial charge in [-0.3, -0.25) is 0 Å². The van der Waals surface area contributed by atoms with Crippen molar-refractivity contribution in [2.45, 2.75) is 12.8 Å². The lowest BCUT2D eigenvalue weighted by atomic mass is 9.99. The van der Waals surface area contributed by atoms with Crippen molar-refractivity contribution in [3.63, 3.8) is 0 Å². The highest BCUT2D eigenvalue weighted by atomic mass is 79.9. The standard InChI is InChI=1S/C11H13BrN2O/c12-10-2-1-5-13-11(10)14-6-3-9(8-15)4-7-14/h1-2,5,8-9H,3-4,6-7H2. The summed E-state index contributed by atoms with van der Waals surface area (Å²) in [5.41, 5.74) is 0. The number of hydrogen-bond donors (Lipinski definition) is 0. The Morgan fingerprint density at radius 3 is 2.80 bits per heavy atom. The lowest BCUT2D eigenvalue weighted by Crippen LogP contribution is -2.34. The molecular weight excluding hydrogens is 256 g/mol. The van der Waals surface area contributed by atoms with Crippen molar-refractivity contribution < 1.29 is 4.79 Å². The van der Waals surface area contributed by atoms with E-state index in [1.54, 1.807) is 6.20 Å². The van der Waals surface area contributed by atoms with Crippen LogP contribution in [-0.2, 0) is 4.79 Å². The van der Waals surface area contributed by atoms with Crippen LogP contribution in [0, 0.1) is 5.92 Å². The molecule has 0 amide bonds. The average Bonchev–Trinajstić information content (AvgIpc) is 2.30. The average molecular weight is 269 g/mol. The van der Waals surface area contributed by atoms with Gasteiger partial charge < -0.3 is 9.69 Å². The van der Waals surface area contributed by atoms with Crippen molar-refractivity contribution in [3.8, 4) is 0 Å². The molecule has 2 heterocycles. The Morgan fingerprint density at radius 2 is 2.20 bits per heavy atom. The van der Waals surface area contributed by atoms with Gasteiger partial charge in [0.1, 0.15) is 12.1 Å². The van der Waals surface area contributed by atoms with Gasteiger partial charge in [-0.2, -0.15) is 0 Å². The van der Waals surface area contributed by atoms with Gasteiger partial charge in [-0.05, 0) is 40.9 Å². The van der Waals surface area contributed by atoms with Crippen LogP contribution in [0.1, 0.15) is 12.8 Å². The number of carbonyl (C=O) groups excluding carboxylic acids is 1. The summed E-state index contributed by atoms with van der Waals surface area (Å²) in [6.45, 7) is 1.83. The second-order valence-electron chi connectivity index (χ2n) is 3.77. The number of anilines is 1. The van der Waals surface area contributed by atoms with E-state index in [1.165, 1.54) is 0 Å². The smallest absolute Gasteiger partial charge is 0.142 e. The second-order valence-corrected chi connectivity index (χ2v) is 4.62. The fourth-order valence-corrected chi connectivity index (χ4v) is 2.36. The molecule has 4 heteroatoms. The van der Waals surface area contributed by atoms with Crippen LogP contribution in [0.2, 0.25) is 0 Å². The lowest BCUT2D eigenvalue weighted by Gasteiger charge is -2.31. The predicted molar refractivity (Wildman–Crippen MR) is 62.9 cm³/mol. The Kier molecular flexibility index (Phi) is 3.36. The van der Waals surface area contributed by atoms with E-state index in [1.807, 2.05) is 12.1 Å². The van der Waals surface area contributed by atoms with E-state index in [2.05, 4.69) is 25.8 Å². The maximum Gasteiger partial charge on any atom is 0.142 e. The van der Waals surface area contributed by atoms with E-state index in [4.69, 9.17) is 0 Å². The molecule has 0 aromatic carbocycles. The highest BCUT2D eigenvalue weighted by molar-refractivity contribution is 9.10. The Labute approximate surface area is 97.6 Å². The molecule has 1 aliphatic heterocycles. The summed E-state index contributed by atoms with van der Waals surface area (Å²) >= 11 is 3.49. The summed E-state index contributed by atoms with van der Waals surface area (Å²) in [6, 6.07) is 3.90. The van der Waals surface area contributed by atoms with Crippen molar-refractivity contribution in [3.05, 3.63) is 22.8 Å². The SMILES string of the molecule is O=CC1CCN(c2ncccc2Br)CC1. The minimum absolute atomic E-state index is 0.240. The number of aromatic nitrogens is 1. The van der Waals surface area contributed by atoms with Crippen molar-refractivity contribution in [1.82, 2.24) is 4.98 Å². The Hall–Kier alpha value is -0.900. The van der Waals surface area contributed by atoms with Gasteiger partial charge in [0.15, 0.2) is 0 Å². The summed E-state index contributed by atoms with van der Waals surface area (Å²) in [6.07, 6.45) is 4.75. The van der Waals surface area contributed by atoms with Crippen LogP contribution < -0.4 is 4.90 Å². The monoisotopic (exact) mass is 268 g/mol. The molecule has 0 bridgehead atoms. The van der Waals surface area contributed by atoms with Gasteiger partial charge in [-0.1, -0.05) is 0 Å². The molecule has 1 aromatic rings. The van der Waals surface area contributed by atoms with Crippen LogP contribution in [0.5, 0.6) is 0 Å². The topological polar surface area (TPSA) is 33.2 Å². The van der Waals surface area contributed by atoms with E-state index >= 15 is 0 Å². The minimum atomic E-state index is 0.240. The molecule has 0 spiro atoms. The number of hydrogen-bond acceptors (Lipinski definition) is 3. The number of aldehydes is 1. The molecule has 1 fully saturated rings. The zero-order valence-corrected chi connectivity index (χ0v) is 9.98. The van der Waals surface area contributed by atoms with Crippen LogP contribution in [0.25, 0.3) is 0 Å². The molecule has 1 aliphatic rings. The first kappa shape index (κ1) is 10.6. The van der Waals surface area contributed by atoms with Gasteiger partial charge in [-0.15, -0.1) is 0 Å². The first-order valence-corrected chi connectivity index (χ1v) is 5.91. The van der Waals surface area contributed by atoms with Gasteiger partial charge in [0.05, 0.1) is 4.47 Å². The molecule has 2 rings (SSSR count). The third-order valence-corrected chi connectivity index (χ3v) is 3.39. The summed E-state index contributed by atoms with van der Waals surface area (Å²) < 4.78 is 1.02. The maximum atomic E-state index is 10.6. The quantitative estimate of drug-likeness (QED) is 0.772. The van der Waals surface area contributed by atoms with Gasteiger partial charge >= 0.3 is 0 Å². The fourth-order valence-electron chi connectivity index (χ4n) is 1.86. The number of pyridine rings is 1. The van der Waals surface area contributed by atoms with Gasteiger partial charge in [0, 0.05) is 25.2 Å². The Bertz CT molecular complexity index is 348. The first-order valence-electron chi connectivity index (χ1n) is 5.12. The predicted octanol–water partition coefficient (Wildman–Crippen LogP) is 2.26. The molecule has 0 unspecified atom stereocenters. The van der Waals surface area contributed by atoms with Gasteiger partial charge in [-0.25, -0.2) is 4.98 Å². The number of nitrogens with zero attached hydrogens (tertiary/aromatic N) is 2. The number of rotatable bonds is 2. The van der Waals surface area contributed by atoms with E-state index in [0.29, 0.717) is 0 Å². The molecule has 1 saturated heterocycles. The molecular formula is C11H13BrN2O. The number of piperidine rings is 1. The van der Waals surface area contributed by atoms with Crippen molar-refractivity contribution >= 4 is 28.0 Å². The zero-order chi connectivity index (χ0) is 10.7. The summed E-state index contributed by atoms with van der Waals surface area (Å²) in [4.78, 5) is 17.2. The van der Waals surface area contributed by atoms with Crippen LogP contribution in [0.15, 0.2) is 22.8 Å². The van der Waals surface area contributed by atoms with Gasteiger partial charge in [0.25, 0.3) is 0 Å². The van der Waals surface area contributed by atoms with E-state index in [0.717, 1.165) is 42.5 Å². The van der Waals surface area contributed by atoms with Crippen LogP contribution in [0.3, 0.4) is 0 Å². The Balaban J connectivity index is 2.07. The van der Waals surface area contributed by atoms with Crippen molar-refractivity contribution in [1.29, 1.82) is 0 Å². The first-order chi connectivity index (χ1) is 7.31. The summed E-state index contributed by atoms with van der Waals surface area (Å²) in [7, 11) is 0. The van der Waals surface area contributed by atoms with Gasteiger partial charge in [0.2, 0.25) is 0 Å². The maximum absolute atomic E-state index is 10.6.